The molecule has 0 aliphatic carbocycles. The van der Waals surface area contributed by atoms with Crippen LogP contribution in [0.1, 0.15) is 33.8 Å². The smallest absolute Gasteiger partial charge is 0.313 e. The fraction of sp³-hybridized carbons (Fsp3) is 0.263. The molecule has 0 N–H and O–H groups in total. The zero-order valence-electron chi connectivity index (χ0n) is 13.6. The number of fused-ring (bicyclic) bond motifs is 1. The Morgan fingerprint density at radius 3 is 2.50 bits per heavy atom. The van der Waals surface area contributed by atoms with Gasteiger partial charge in [0.2, 0.25) is 6.79 Å². The molecule has 2 aromatic rings. The molecule has 2 aromatic carbocycles. The average Bonchev–Trinajstić information content (AvgIpc) is 3.07. The summed E-state index contributed by atoms with van der Waals surface area (Å²) in [6.07, 6.45) is 0.0371. The molecule has 1 unspecified atom stereocenters. The van der Waals surface area contributed by atoms with Gasteiger partial charge in [-0.2, -0.15) is 0 Å². The zero-order valence-corrected chi connectivity index (χ0v) is 13.6. The van der Waals surface area contributed by atoms with Gasteiger partial charge >= 0.3 is 5.97 Å². The third-order valence-corrected chi connectivity index (χ3v) is 4.05. The van der Waals surface area contributed by atoms with Crippen LogP contribution in [0, 0.1) is 6.92 Å². The SMILES string of the molecule is COC(=O)C(CC(=O)c1ccc(C)cc1)c1ccc2c(c1)OCO2. The quantitative estimate of drug-likeness (QED) is 0.623. The van der Waals surface area contributed by atoms with Crippen LogP contribution in [-0.2, 0) is 9.53 Å². The van der Waals surface area contributed by atoms with E-state index in [4.69, 9.17) is 14.2 Å². The van der Waals surface area contributed by atoms with Gasteiger partial charge in [0, 0.05) is 12.0 Å². The molecule has 1 heterocycles. The number of hydrogen-bond donors (Lipinski definition) is 0. The first kappa shape index (κ1) is 16.1. The normalized spacial score (nSPS) is 13.4. The van der Waals surface area contributed by atoms with Crippen LogP contribution in [0.5, 0.6) is 11.5 Å². The molecule has 5 nitrogen and oxygen atoms in total. The molecule has 1 aliphatic rings. The van der Waals surface area contributed by atoms with E-state index in [0.717, 1.165) is 5.56 Å². The summed E-state index contributed by atoms with van der Waals surface area (Å²) in [4.78, 5) is 24.7. The van der Waals surface area contributed by atoms with Crippen LogP contribution in [0.4, 0.5) is 0 Å². The summed E-state index contributed by atoms with van der Waals surface area (Å²) in [5, 5.41) is 0. The second-order valence-corrected chi connectivity index (χ2v) is 5.68. The Hall–Kier alpha value is -2.82. The lowest BCUT2D eigenvalue weighted by molar-refractivity contribution is -0.142. The summed E-state index contributed by atoms with van der Waals surface area (Å²) in [5.74, 6) is -0.0351. The lowest BCUT2D eigenvalue weighted by atomic mass is 9.91. The summed E-state index contributed by atoms with van der Waals surface area (Å²) in [6.45, 7) is 2.11. The summed E-state index contributed by atoms with van der Waals surface area (Å²) in [7, 11) is 1.32. The Bertz CT molecular complexity index is 764. The van der Waals surface area contributed by atoms with Gasteiger partial charge in [0.05, 0.1) is 13.0 Å². The minimum absolute atomic E-state index is 0.0371. The van der Waals surface area contributed by atoms with Crippen molar-refractivity contribution in [2.24, 2.45) is 0 Å². The number of hydrogen-bond acceptors (Lipinski definition) is 5. The maximum atomic E-state index is 12.5. The molecule has 1 atom stereocenters. The third-order valence-electron chi connectivity index (χ3n) is 4.05. The van der Waals surface area contributed by atoms with Crippen molar-refractivity contribution in [2.75, 3.05) is 13.9 Å². The fourth-order valence-corrected chi connectivity index (χ4v) is 2.65. The molecule has 0 radical (unpaired) electrons. The molecule has 0 amide bonds. The summed E-state index contributed by atoms with van der Waals surface area (Å²) in [6, 6.07) is 12.5. The molecule has 0 saturated carbocycles. The van der Waals surface area contributed by atoms with Crippen molar-refractivity contribution in [2.45, 2.75) is 19.3 Å². The van der Waals surface area contributed by atoms with Gasteiger partial charge in [0.25, 0.3) is 0 Å². The van der Waals surface area contributed by atoms with Crippen LogP contribution in [0.2, 0.25) is 0 Å². The number of ketones is 1. The second kappa shape index (κ2) is 6.74. The molecule has 5 heteroatoms. The maximum absolute atomic E-state index is 12.5. The topological polar surface area (TPSA) is 61.8 Å². The number of benzene rings is 2. The van der Waals surface area contributed by atoms with Crippen molar-refractivity contribution in [3.63, 3.8) is 0 Å². The highest BCUT2D eigenvalue weighted by Crippen LogP contribution is 2.36. The molecule has 0 spiro atoms. The van der Waals surface area contributed by atoms with Crippen molar-refractivity contribution in [1.29, 1.82) is 0 Å². The van der Waals surface area contributed by atoms with Crippen LogP contribution in [0.25, 0.3) is 0 Å². The molecule has 3 rings (SSSR count). The first-order valence-corrected chi connectivity index (χ1v) is 7.65. The van der Waals surface area contributed by atoms with E-state index in [1.54, 1.807) is 30.3 Å². The van der Waals surface area contributed by atoms with Crippen LogP contribution in [0.3, 0.4) is 0 Å². The van der Waals surface area contributed by atoms with E-state index in [2.05, 4.69) is 0 Å². The highest BCUT2D eigenvalue weighted by atomic mass is 16.7. The van der Waals surface area contributed by atoms with E-state index in [0.29, 0.717) is 22.6 Å². The summed E-state index contributed by atoms with van der Waals surface area (Å²) < 4.78 is 15.5. The van der Waals surface area contributed by atoms with E-state index in [-0.39, 0.29) is 19.0 Å². The number of carbonyl (C=O) groups excluding carboxylic acids is 2. The van der Waals surface area contributed by atoms with E-state index < -0.39 is 11.9 Å². The van der Waals surface area contributed by atoms with Gasteiger partial charge in [-0.25, -0.2) is 0 Å². The van der Waals surface area contributed by atoms with Gasteiger partial charge in [0.15, 0.2) is 17.3 Å². The highest BCUT2D eigenvalue weighted by Gasteiger charge is 2.27. The minimum Gasteiger partial charge on any atom is -0.469 e. The minimum atomic E-state index is -0.682. The van der Waals surface area contributed by atoms with Crippen LogP contribution < -0.4 is 9.47 Å². The molecule has 0 saturated heterocycles. The number of Topliss-reactive ketones (excluding diaryl/α,β-unsaturated/α-hetero) is 1. The van der Waals surface area contributed by atoms with Crippen molar-refractivity contribution in [1.82, 2.24) is 0 Å². The van der Waals surface area contributed by atoms with Crippen molar-refractivity contribution in [3.8, 4) is 11.5 Å². The lowest BCUT2D eigenvalue weighted by Gasteiger charge is -2.15. The largest absolute Gasteiger partial charge is 0.469 e. The standard InChI is InChI=1S/C19H18O5/c1-12-3-5-13(6-4-12)16(20)10-15(19(21)22-2)14-7-8-17-18(9-14)24-11-23-17/h3-9,15H,10-11H2,1-2H3. The molecule has 124 valence electrons. The van der Waals surface area contributed by atoms with Crippen molar-refractivity contribution < 1.29 is 23.8 Å². The fourth-order valence-electron chi connectivity index (χ4n) is 2.65. The van der Waals surface area contributed by atoms with Crippen LogP contribution in [-0.4, -0.2) is 25.7 Å². The van der Waals surface area contributed by atoms with E-state index in [9.17, 15) is 9.59 Å². The Balaban J connectivity index is 1.85. The monoisotopic (exact) mass is 326 g/mol. The summed E-state index contributed by atoms with van der Waals surface area (Å²) in [5.41, 5.74) is 2.33. The van der Waals surface area contributed by atoms with Gasteiger partial charge in [-0.3, -0.25) is 9.59 Å². The number of methoxy groups -OCH3 is 1. The van der Waals surface area contributed by atoms with Gasteiger partial charge < -0.3 is 14.2 Å². The van der Waals surface area contributed by atoms with Crippen LogP contribution >= 0.6 is 0 Å². The molecule has 0 bridgehead atoms. The number of rotatable bonds is 5. The van der Waals surface area contributed by atoms with Gasteiger partial charge in [0.1, 0.15) is 0 Å². The van der Waals surface area contributed by atoms with E-state index in [1.165, 1.54) is 7.11 Å². The molecular formula is C19H18O5. The van der Waals surface area contributed by atoms with E-state index in [1.807, 2.05) is 19.1 Å². The first-order chi connectivity index (χ1) is 11.6. The molecule has 1 aliphatic heterocycles. The average molecular weight is 326 g/mol. The number of ether oxygens (including phenoxy) is 3. The number of aryl methyl sites for hydroxylation is 1. The zero-order chi connectivity index (χ0) is 17.1. The molecule has 0 fully saturated rings. The van der Waals surface area contributed by atoms with Crippen molar-refractivity contribution in [3.05, 3.63) is 59.2 Å². The first-order valence-electron chi connectivity index (χ1n) is 7.65. The lowest BCUT2D eigenvalue weighted by Crippen LogP contribution is -2.18. The Morgan fingerprint density at radius 2 is 1.79 bits per heavy atom. The summed E-state index contributed by atoms with van der Waals surface area (Å²) >= 11 is 0. The second-order valence-electron chi connectivity index (χ2n) is 5.68. The number of esters is 1. The van der Waals surface area contributed by atoms with Crippen molar-refractivity contribution >= 4 is 11.8 Å². The highest BCUT2D eigenvalue weighted by molar-refractivity contribution is 5.99. The number of carbonyl (C=O) groups is 2. The Morgan fingerprint density at radius 1 is 1.08 bits per heavy atom. The molecule has 0 aromatic heterocycles. The predicted molar refractivity (Wildman–Crippen MR) is 87.4 cm³/mol. The van der Waals surface area contributed by atoms with Gasteiger partial charge in [-0.1, -0.05) is 35.9 Å². The van der Waals surface area contributed by atoms with E-state index >= 15 is 0 Å². The van der Waals surface area contributed by atoms with Gasteiger partial charge in [-0.15, -0.1) is 0 Å². The predicted octanol–water partition coefficient (Wildman–Crippen LogP) is 3.25. The van der Waals surface area contributed by atoms with Crippen LogP contribution in [0.15, 0.2) is 42.5 Å². The molecular weight excluding hydrogens is 308 g/mol. The third kappa shape index (κ3) is 3.25. The molecule has 24 heavy (non-hydrogen) atoms. The van der Waals surface area contributed by atoms with Gasteiger partial charge in [-0.05, 0) is 24.6 Å². The maximum Gasteiger partial charge on any atom is 0.313 e. The Labute approximate surface area is 140 Å². The Kier molecular flexibility index (Phi) is 4.51.